The van der Waals surface area contributed by atoms with Crippen LogP contribution in [0, 0.1) is 6.92 Å². The second kappa shape index (κ2) is 7.69. The SMILES string of the molecule is Cc1ccccc1C(=O)Cn1nnc(CN(C)C(=O)c2ccccc2)n1. The Morgan fingerprint density at radius 1 is 1.04 bits per heavy atom. The molecule has 0 unspecified atom stereocenters. The Labute approximate surface area is 151 Å². The molecule has 3 aromatic rings. The van der Waals surface area contributed by atoms with E-state index in [9.17, 15) is 9.59 Å². The molecule has 0 saturated heterocycles. The van der Waals surface area contributed by atoms with Gasteiger partial charge in [0, 0.05) is 18.2 Å². The van der Waals surface area contributed by atoms with Crippen molar-refractivity contribution < 1.29 is 9.59 Å². The number of carbonyl (C=O) groups is 2. The van der Waals surface area contributed by atoms with Gasteiger partial charge in [-0.3, -0.25) is 9.59 Å². The topological polar surface area (TPSA) is 81.0 Å². The fourth-order valence-corrected chi connectivity index (χ4v) is 2.59. The standard InChI is InChI=1S/C19H19N5O2/c1-14-8-6-7-11-16(14)17(25)12-24-21-18(20-22-24)13-23(2)19(26)15-9-4-3-5-10-15/h3-11H,12-13H2,1-2H3. The first kappa shape index (κ1) is 17.5. The molecule has 0 saturated carbocycles. The summed E-state index contributed by atoms with van der Waals surface area (Å²) in [6, 6.07) is 16.4. The number of benzene rings is 2. The normalized spacial score (nSPS) is 10.5. The van der Waals surface area contributed by atoms with Gasteiger partial charge >= 0.3 is 0 Å². The fraction of sp³-hybridized carbons (Fsp3) is 0.211. The largest absolute Gasteiger partial charge is 0.334 e. The van der Waals surface area contributed by atoms with Crippen LogP contribution < -0.4 is 0 Å². The molecular formula is C19H19N5O2. The molecule has 132 valence electrons. The van der Waals surface area contributed by atoms with E-state index >= 15 is 0 Å². The summed E-state index contributed by atoms with van der Waals surface area (Å²) in [6.07, 6.45) is 0. The highest BCUT2D eigenvalue weighted by Crippen LogP contribution is 2.09. The van der Waals surface area contributed by atoms with Crippen molar-refractivity contribution in [2.45, 2.75) is 20.0 Å². The maximum atomic E-state index is 12.4. The number of hydrogen-bond acceptors (Lipinski definition) is 5. The number of tetrazole rings is 1. The van der Waals surface area contributed by atoms with Crippen LogP contribution >= 0.6 is 0 Å². The van der Waals surface area contributed by atoms with E-state index in [-0.39, 0.29) is 24.8 Å². The lowest BCUT2D eigenvalue weighted by Crippen LogP contribution is -2.26. The Morgan fingerprint density at radius 3 is 2.46 bits per heavy atom. The van der Waals surface area contributed by atoms with Gasteiger partial charge in [0.15, 0.2) is 11.6 Å². The van der Waals surface area contributed by atoms with Crippen molar-refractivity contribution in [3.63, 3.8) is 0 Å². The molecule has 0 N–H and O–H groups in total. The van der Waals surface area contributed by atoms with Crippen molar-refractivity contribution in [2.24, 2.45) is 0 Å². The Balaban J connectivity index is 1.64. The molecule has 0 aliphatic carbocycles. The van der Waals surface area contributed by atoms with E-state index in [1.807, 2.05) is 43.3 Å². The van der Waals surface area contributed by atoms with Crippen LogP contribution in [-0.4, -0.2) is 43.8 Å². The van der Waals surface area contributed by atoms with Gasteiger partial charge in [-0.1, -0.05) is 42.5 Å². The summed E-state index contributed by atoms with van der Waals surface area (Å²) in [6.45, 7) is 2.11. The van der Waals surface area contributed by atoms with Gasteiger partial charge in [-0.15, -0.1) is 10.2 Å². The first-order valence-corrected chi connectivity index (χ1v) is 8.20. The molecule has 1 amide bonds. The molecule has 0 aliphatic rings. The zero-order valence-electron chi connectivity index (χ0n) is 14.7. The van der Waals surface area contributed by atoms with Crippen LogP contribution in [-0.2, 0) is 13.1 Å². The average Bonchev–Trinajstić information content (AvgIpc) is 3.08. The zero-order chi connectivity index (χ0) is 18.5. The summed E-state index contributed by atoms with van der Waals surface area (Å²) < 4.78 is 0. The van der Waals surface area contributed by atoms with Crippen molar-refractivity contribution in [1.82, 2.24) is 25.1 Å². The molecule has 0 radical (unpaired) electrons. The Kier molecular flexibility index (Phi) is 5.17. The van der Waals surface area contributed by atoms with E-state index in [0.29, 0.717) is 17.0 Å². The molecule has 7 nitrogen and oxygen atoms in total. The first-order chi connectivity index (χ1) is 12.5. The van der Waals surface area contributed by atoms with Crippen LogP contribution in [0.1, 0.15) is 32.1 Å². The third-order valence-corrected chi connectivity index (χ3v) is 3.97. The summed E-state index contributed by atoms with van der Waals surface area (Å²) in [5.74, 6) is 0.174. The number of Topliss-reactive ketones (excluding diaryl/α,β-unsaturated/α-hetero) is 1. The van der Waals surface area contributed by atoms with Gasteiger partial charge in [0.25, 0.3) is 5.91 Å². The van der Waals surface area contributed by atoms with Crippen molar-refractivity contribution in [1.29, 1.82) is 0 Å². The van der Waals surface area contributed by atoms with Gasteiger partial charge in [0.1, 0.15) is 6.54 Å². The Morgan fingerprint density at radius 2 is 1.73 bits per heavy atom. The van der Waals surface area contributed by atoms with Crippen molar-refractivity contribution in [3.8, 4) is 0 Å². The van der Waals surface area contributed by atoms with Crippen LogP contribution in [0.5, 0.6) is 0 Å². The van der Waals surface area contributed by atoms with E-state index in [2.05, 4.69) is 15.4 Å². The van der Waals surface area contributed by atoms with Crippen LogP contribution in [0.3, 0.4) is 0 Å². The van der Waals surface area contributed by atoms with Gasteiger partial charge < -0.3 is 4.90 Å². The molecule has 0 atom stereocenters. The highest BCUT2D eigenvalue weighted by atomic mass is 16.2. The third-order valence-electron chi connectivity index (χ3n) is 3.97. The number of nitrogens with zero attached hydrogens (tertiary/aromatic N) is 5. The number of aryl methyl sites for hydroxylation is 1. The summed E-state index contributed by atoms with van der Waals surface area (Å²) in [4.78, 5) is 27.5. The third kappa shape index (κ3) is 4.00. The zero-order valence-corrected chi connectivity index (χ0v) is 14.7. The van der Waals surface area contributed by atoms with E-state index in [1.165, 1.54) is 9.70 Å². The second-order valence-electron chi connectivity index (χ2n) is 6.00. The van der Waals surface area contributed by atoms with Crippen molar-refractivity contribution >= 4 is 11.7 Å². The van der Waals surface area contributed by atoms with E-state index in [4.69, 9.17) is 0 Å². The Bertz CT molecular complexity index is 920. The molecular weight excluding hydrogens is 330 g/mol. The number of ketones is 1. The number of hydrogen-bond donors (Lipinski definition) is 0. The van der Waals surface area contributed by atoms with Crippen molar-refractivity contribution in [3.05, 3.63) is 77.1 Å². The van der Waals surface area contributed by atoms with Gasteiger partial charge in [-0.05, 0) is 29.8 Å². The Hall–Kier alpha value is -3.35. The fourth-order valence-electron chi connectivity index (χ4n) is 2.59. The van der Waals surface area contributed by atoms with E-state index < -0.39 is 0 Å². The monoisotopic (exact) mass is 349 g/mol. The number of aromatic nitrogens is 4. The van der Waals surface area contributed by atoms with E-state index in [0.717, 1.165) is 5.56 Å². The molecule has 1 aromatic heterocycles. The maximum Gasteiger partial charge on any atom is 0.254 e. The van der Waals surface area contributed by atoms with Crippen LogP contribution in [0.4, 0.5) is 0 Å². The molecule has 0 aliphatic heterocycles. The first-order valence-electron chi connectivity index (χ1n) is 8.20. The lowest BCUT2D eigenvalue weighted by atomic mass is 10.1. The highest BCUT2D eigenvalue weighted by Gasteiger charge is 2.16. The molecule has 7 heteroatoms. The minimum Gasteiger partial charge on any atom is -0.334 e. The predicted octanol–water partition coefficient (Wildman–Crippen LogP) is 2.14. The summed E-state index contributed by atoms with van der Waals surface area (Å²) in [5.41, 5.74) is 2.14. The average molecular weight is 349 g/mol. The molecule has 2 aromatic carbocycles. The predicted molar refractivity (Wildman–Crippen MR) is 95.6 cm³/mol. The van der Waals surface area contributed by atoms with Crippen LogP contribution in [0.2, 0.25) is 0 Å². The van der Waals surface area contributed by atoms with Crippen LogP contribution in [0.25, 0.3) is 0 Å². The smallest absolute Gasteiger partial charge is 0.254 e. The molecule has 0 bridgehead atoms. The quantitative estimate of drug-likeness (QED) is 0.637. The number of amides is 1. The highest BCUT2D eigenvalue weighted by molar-refractivity contribution is 5.97. The molecule has 3 rings (SSSR count). The summed E-state index contributed by atoms with van der Waals surface area (Å²) in [7, 11) is 1.68. The lowest BCUT2D eigenvalue weighted by molar-refractivity contribution is 0.0780. The van der Waals surface area contributed by atoms with E-state index in [1.54, 1.807) is 25.2 Å². The number of rotatable bonds is 6. The maximum absolute atomic E-state index is 12.4. The van der Waals surface area contributed by atoms with Gasteiger partial charge in [0.05, 0.1) is 6.54 Å². The van der Waals surface area contributed by atoms with Gasteiger partial charge in [-0.2, -0.15) is 4.80 Å². The minimum atomic E-state index is -0.127. The second-order valence-corrected chi connectivity index (χ2v) is 6.00. The molecule has 0 spiro atoms. The molecule has 0 fully saturated rings. The summed E-state index contributed by atoms with van der Waals surface area (Å²) >= 11 is 0. The molecule has 26 heavy (non-hydrogen) atoms. The van der Waals surface area contributed by atoms with Crippen LogP contribution in [0.15, 0.2) is 54.6 Å². The van der Waals surface area contributed by atoms with Crippen molar-refractivity contribution in [2.75, 3.05) is 7.05 Å². The summed E-state index contributed by atoms with van der Waals surface area (Å²) in [5, 5.41) is 12.1. The minimum absolute atomic E-state index is 0.00813. The molecule has 1 heterocycles. The lowest BCUT2D eigenvalue weighted by Gasteiger charge is -2.14. The van der Waals surface area contributed by atoms with Gasteiger partial charge in [0.2, 0.25) is 0 Å². The van der Waals surface area contributed by atoms with Gasteiger partial charge in [-0.25, -0.2) is 0 Å². The number of carbonyl (C=O) groups excluding carboxylic acids is 2.